The van der Waals surface area contributed by atoms with E-state index in [0.29, 0.717) is 13.0 Å². The third-order valence-electron chi connectivity index (χ3n) is 2.22. The minimum Gasteiger partial charge on any atom is -0.465 e. The maximum absolute atomic E-state index is 11.2. The van der Waals surface area contributed by atoms with E-state index in [1.54, 1.807) is 12.2 Å². The van der Waals surface area contributed by atoms with Gasteiger partial charge in [-0.3, -0.25) is 9.59 Å². The van der Waals surface area contributed by atoms with Crippen molar-refractivity contribution in [3.63, 3.8) is 0 Å². The van der Waals surface area contributed by atoms with Crippen molar-refractivity contribution in [3.8, 4) is 0 Å². The highest BCUT2D eigenvalue weighted by atomic mass is 16.5. The van der Waals surface area contributed by atoms with Crippen LogP contribution in [0.3, 0.4) is 0 Å². The summed E-state index contributed by atoms with van der Waals surface area (Å²) in [6.45, 7) is 0.446. The van der Waals surface area contributed by atoms with Gasteiger partial charge in [0.15, 0.2) is 5.78 Å². The zero-order valence-electron chi connectivity index (χ0n) is 6.45. The minimum absolute atomic E-state index is 0.0691. The van der Waals surface area contributed by atoms with Gasteiger partial charge in [0.2, 0.25) is 0 Å². The molecule has 3 heteroatoms. The molecule has 0 aromatic carbocycles. The highest BCUT2D eigenvalue weighted by Crippen LogP contribution is 2.34. The lowest BCUT2D eigenvalue weighted by Crippen LogP contribution is -2.23. The molecule has 0 unspecified atom stereocenters. The van der Waals surface area contributed by atoms with Gasteiger partial charge in [-0.1, -0.05) is 12.2 Å². The highest BCUT2D eigenvalue weighted by molar-refractivity contribution is 6.02. The summed E-state index contributed by atoms with van der Waals surface area (Å²) in [5, 5.41) is 0. The van der Waals surface area contributed by atoms with Crippen LogP contribution in [0.15, 0.2) is 24.3 Å². The van der Waals surface area contributed by atoms with Crippen LogP contribution in [-0.4, -0.2) is 18.4 Å². The Morgan fingerprint density at radius 1 is 1.25 bits per heavy atom. The van der Waals surface area contributed by atoms with E-state index in [-0.39, 0.29) is 11.8 Å². The lowest BCUT2D eigenvalue weighted by atomic mass is 9.83. The van der Waals surface area contributed by atoms with E-state index in [1.807, 2.05) is 0 Å². The molecule has 1 aliphatic heterocycles. The van der Waals surface area contributed by atoms with Gasteiger partial charge < -0.3 is 4.74 Å². The maximum Gasteiger partial charge on any atom is 0.319 e. The predicted molar refractivity (Wildman–Crippen MR) is 41.3 cm³/mol. The molecule has 1 heterocycles. The number of esters is 1. The van der Waals surface area contributed by atoms with Crippen LogP contribution in [0.4, 0.5) is 0 Å². The second-order valence-corrected chi connectivity index (χ2v) is 3.00. The number of carbonyl (C=O) groups is 2. The number of cyclic esters (lactones) is 1. The minimum atomic E-state index is -0.631. The average molecular weight is 164 g/mol. The van der Waals surface area contributed by atoms with E-state index in [1.165, 1.54) is 12.2 Å². The van der Waals surface area contributed by atoms with Crippen molar-refractivity contribution in [1.29, 1.82) is 0 Å². The summed E-state index contributed by atoms with van der Waals surface area (Å²) in [6, 6.07) is 0. The Labute approximate surface area is 69.7 Å². The number of carbonyl (C=O) groups excluding carboxylic acids is 2. The zero-order chi connectivity index (χ0) is 8.60. The molecule has 1 fully saturated rings. The van der Waals surface area contributed by atoms with Crippen molar-refractivity contribution in [3.05, 3.63) is 24.3 Å². The summed E-state index contributed by atoms with van der Waals surface area (Å²) < 4.78 is 4.83. The quantitative estimate of drug-likeness (QED) is 0.493. The molecule has 1 aliphatic carbocycles. The first kappa shape index (κ1) is 7.28. The van der Waals surface area contributed by atoms with Crippen molar-refractivity contribution in [2.45, 2.75) is 6.42 Å². The van der Waals surface area contributed by atoms with Gasteiger partial charge in [-0.25, -0.2) is 0 Å². The van der Waals surface area contributed by atoms with Crippen LogP contribution in [0.25, 0.3) is 0 Å². The molecule has 62 valence electrons. The molecule has 0 aromatic rings. The number of ether oxygens (including phenoxy) is 1. The standard InChI is InChI=1S/C9H8O3/c10-7-1-3-9(4-2-7)5-6-12-8(9)11/h1-4H,5-6H2. The molecule has 1 spiro atoms. The molecular weight excluding hydrogens is 156 g/mol. The van der Waals surface area contributed by atoms with Crippen LogP contribution in [0, 0.1) is 5.41 Å². The largest absolute Gasteiger partial charge is 0.465 e. The normalized spacial score (nSPS) is 25.0. The fourth-order valence-corrected chi connectivity index (χ4v) is 1.42. The summed E-state index contributed by atoms with van der Waals surface area (Å²) in [6.07, 6.45) is 6.75. The van der Waals surface area contributed by atoms with Crippen molar-refractivity contribution in [2.24, 2.45) is 5.41 Å². The van der Waals surface area contributed by atoms with E-state index in [4.69, 9.17) is 4.74 Å². The van der Waals surface area contributed by atoms with E-state index in [9.17, 15) is 9.59 Å². The Kier molecular flexibility index (Phi) is 1.40. The van der Waals surface area contributed by atoms with Gasteiger partial charge in [0.1, 0.15) is 5.41 Å². The molecule has 2 rings (SSSR count). The van der Waals surface area contributed by atoms with Crippen molar-refractivity contribution in [1.82, 2.24) is 0 Å². The van der Waals surface area contributed by atoms with Crippen LogP contribution in [0.1, 0.15) is 6.42 Å². The SMILES string of the molecule is O=C1C=CC2(C=C1)CCOC2=O. The van der Waals surface area contributed by atoms with Crippen LogP contribution < -0.4 is 0 Å². The van der Waals surface area contributed by atoms with Gasteiger partial charge in [-0.15, -0.1) is 0 Å². The van der Waals surface area contributed by atoms with E-state index < -0.39 is 5.41 Å². The molecule has 0 aromatic heterocycles. The molecule has 0 N–H and O–H groups in total. The summed E-state index contributed by atoms with van der Waals surface area (Å²) in [4.78, 5) is 22.0. The van der Waals surface area contributed by atoms with Crippen LogP contribution >= 0.6 is 0 Å². The summed E-state index contributed by atoms with van der Waals surface area (Å²) in [5.41, 5.74) is -0.631. The molecule has 12 heavy (non-hydrogen) atoms. The predicted octanol–water partition coefficient (Wildman–Crippen LogP) is 0.615. The van der Waals surface area contributed by atoms with E-state index >= 15 is 0 Å². The van der Waals surface area contributed by atoms with Gasteiger partial charge in [0.25, 0.3) is 0 Å². The number of allylic oxidation sites excluding steroid dienone is 2. The number of hydrogen-bond acceptors (Lipinski definition) is 3. The Balaban J connectivity index is 2.34. The van der Waals surface area contributed by atoms with Gasteiger partial charge in [-0.05, 0) is 12.2 Å². The maximum atomic E-state index is 11.2. The summed E-state index contributed by atoms with van der Waals surface area (Å²) in [5.74, 6) is -0.317. The molecule has 0 atom stereocenters. The Bertz CT molecular complexity index is 283. The molecule has 1 saturated heterocycles. The van der Waals surface area contributed by atoms with E-state index in [2.05, 4.69) is 0 Å². The van der Waals surface area contributed by atoms with Gasteiger partial charge in [0.05, 0.1) is 6.61 Å². The second-order valence-electron chi connectivity index (χ2n) is 3.00. The second kappa shape index (κ2) is 2.30. The summed E-state index contributed by atoms with van der Waals surface area (Å²) in [7, 11) is 0. The molecule has 0 amide bonds. The Morgan fingerprint density at radius 3 is 2.42 bits per heavy atom. The molecule has 0 bridgehead atoms. The molecule has 0 saturated carbocycles. The molecule has 0 radical (unpaired) electrons. The zero-order valence-corrected chi connectivity index (χ0v) is 6.45. The third kappa shape index (κ3) is 0.897. The van der Waals surface area contributed by atoms with Gasteiger partial charge >= 0.3 is 5.97 Å². The van der Waals surface area contributed by atoms with Crippen LogP contribution in [0.5, 0.6) is 0 Å². The third-order valence-corrected chi connectivity index (χ3v) is 2.22. The average Bonchev–Trinajstić information content (AvgIpc) is 2.41. The van der Waals surface area contributed by atoms with E-state index in [0.717, 1.165) is 0 Å². The first-order valence-corrected chi connectivity index (χ1v) is 3.83. The van der Waals surface area contributed by atoms with Crippen molar-refractivity contribution < 1.29 is 14.3 Å². The van der Waals surface area contributed by atoms with Crippen molar-refractivity contribution >= 4 is 11.8 Å². The van der Waals surface area contributed by atoms with Crippen LogP contribution in [0.2, 0.25) is 0 Å². The lowest BCUT2D eigenvalue weighted by Gasteiger charge is -2.16. The first-order valence-electron chi connectivity index (χ1n) is 3.83. The molecular formula is C9H8O3. The monoisotopic (exact) mass is 164 g/mol. The fourth-order valence-electron chi connectivity index (χ4n) is 1.42. The highest BCUT2D eigenvalue weighted by Gasteiger charge is 2.41. The molecule has 3 nitrogen and oxygen atoms in total. The van der Waals surface area contributed by atoms with Gasteiger partial charge in [-0.2, -0.15) is 0 Å². The Hall–Kier alpha value is -1.38. The fraction of sp³-hybridized carbons (Fsp3) is 0.333. The van der Waals surface area contributed by atoms with Crippen LogP contribution in [-0.2, 0) is 14.3 Å². The summed E-state index contributed by atoms with van der Waals surface area (Å²) >= 11 is 0. The smallest absolute Gasteiger partial charge is 0.319 e. The topological polar surface area (TPSA) is 43.4 Å². The number of ketones is 1. The van der Waals surface area contributed by atoms with Gasteiger partial charge in [0, 0.05) is 6.42 Å². The lowest BCUT2D eigenvalue weighted by molar-refractivity contribution is -0.142. The molecule has 2 aliphatic rings. The number of hydrogen-bond donors (Lipinski definition) is 0. The first-order chi connectivity index (χ1) is 5.73. The number of rotatable bonds is 0. The Morgan fingerprint density at radius 2 is 1.92 bits per heavy atom. The van der Waals surface area contributed by atoms with Crippen molar-refractivity contribution in [2.75, 3.05) is 6.61 Å².